The molecular weight excluding hydrogens is 310 g/mol. The number of pyridine rings is 1. The first-order valence-corrected chi connectivity index (χ1v) is 8.10. The van der Waals surface area contributed by atoms with Crippen molar-refractivity contribution < 1.29 is 14.3 Å². The van der Waals surface area contributed by atoms with Gasteiger partial charge < -0.3 is 18.9 Å². The Balaban J connectivity index is 1.71. The molecule has 1 amide bonds. The molecule has 1 atom stereocenters. The number of carbonyl (C=O) groups excluding carboxylic acids is 1. The van der Waals surface area contributed by atoms with Crippen LogP contribution in [0, 0.1) is 0 Å². The van der Waals surface area contributed by atoms with Gasteiger partial charge in [0.1, 0.15) is 12.4 Å². The summed E-state index contributed by atoms with van der Waals surface area (Å²) in [5.74, 6) is 1.20. The largest absolute Gasteiger partial charge is 0.478 e. The van der Waals surface area contributed by atoms with Crippen molar-refractivity contribution in [2.24, 2.45) is 0 Å². The van der Waals surface area contributed by atoms with Crippen LogP contribution in [0.15, 0.2) is 24.7 Å². The molecule has 0 radical (unpaired) electrons. The first kappa shape index (κ1) is 16.4. The second kappa shape index (κ2) is 7.39. The fraction of sp³-hybridized carbons (Fsp3) is 0.500. The summed E-state index contributed by atoms with van der Waals surface area (Å²) in [6.45, 7) is 6.68. The van der Waals surface area contributed by atoms with Gasteiger partial charge in [0.25, 0.3) is 5.91 Å². The minimum Gasteiger partial charge on any atom is -0.478 e. The zero-order valence-corrected chi connectivity index (χ0v) is 13.9. The van der Waals surface area contributed by atoms with Crippen molar-refractivity contribution >= 4 is 5.91 Å². The molecule has 0 aliphatic carbocycles. The molecule has 1 aliphatic rings. The molecule has 128 valence electrons. The van der Waals surface area contributed by atoms with Crippen molar-refractivity contribution in [1.29, 1.82) is 0 Å². The molecule has 3 heterocycles. The van der Waals surface area contributed by atoms with E-state index in [4.69, 9.17) is 9.47 Å². The normalized spacial score (nSPS) is 17.8. The predicted octanol–water partition coefficient (Wildman–Crippen LogP) is 1.31. The Morgan fingerprint density at radius 3 is 3.00 bits per heavy atom. The molecule has 0 N–H and O–H groups in total. The van der Waals surface area contributed by atoms with Crippen LogP contribution < -0.4 is 4.74 Å². The molecule has 8 nitrogen and oxygen atoms in total. The molecule has 1 saturated heterocycles. The van der Waals surface area contributed by atoms with E-state index in [1.807, 2.05) is 18.4 Å². The molecule has 2 aromatic heterocycles. The average Bonchev–Trinajstić information content (AvgIpc) is 3.11. The Morgan fingerprint density at radius 1 is 1.42 bits per heavy atom. The molecule has 0 bridgehead atoms. The van der Waals surface area contributed by atoms with E-state index in [-0.39, 0.29) is 12.0 Å². The Morgan fingerprint density at radius 2 is 2.29 bits per heavy atom. The third kappa shape index (κ3) is 3.38. The van der Waals surface area contributed by atoms with Crippen molar-refractivity contribution in [2.45, 2.75) is 26.5 Å². The van der Waals surface area contributed by atoms with Gasteiger partial charge in [0.2, 0.25) is 5.88 Å². The van der Waals surface area contributed by atoms with Crippen molar-refractivity contribution in [2.75, 3.05) is 26.3 Å². The molecule has 0 spiro atoms. The zero-order chi connectivity index (χ0) is 16.9. The van der Waals surface area contributed by atoms with E-state index in [2.05, 4.69) is 15.2 Å². The molecule has 0 unspecified atom stereocenters. The highest BCUT2D eigenvalue weighted by Crippen LogP contribution is 2.22. The van der Waals surface area contributed by atoms with Gasteiger partial charge >= 0.3 is 0 Å². The van der Waals surface area contributed by atoms with Gasteiger partial charge in [-0.3, -0.25) is 4.79 Å². The van der Waals surface area contributed by atoms with Gasteiger partial charge in [0.15, 0.2) is 5.82 Å². The second-order valence-electron chi connectivity index (χ2n) is 5.40. The summed E-state index contributed by atoms with van der Waals surface area (Å²) in [6.07, 6.45) is 2.96. The van der Waals surface area contributed by atoms with Gasteiger partial charge in [-0.2, -0.15) is 0 Å². The van der Waals surface area contributed by atoms with E-state index >= 15 is 0 Å². The maximum absolute atomic E-state index is 12.7. The first-order chi connectivity index (χ1) is 11.7. The van der Waals surface area contributed by atoms with Crippen LogP contribution in [0.4, 0.5) is 0 Å². The number of carbonyl (C=O) groups is 1. The minimum absolute atomic E-state index is 0.0681. The monoisotopic (exact) mass is 331 g/mol. The quantitative estimate of drug-likeness (QED) is 0.821. The number of rotatable bonds is 5. The molecule has 24 heavy (non-hydrogen) atoms. The fourth-order valence-electron chi connectivity index (χ4n) is 2.67. The number of hydrogen-bond donors (Lipinski definition) is 0. The van der Waals surface area contributed by atoms with Crippen LogP contribution >= 0.6 is 0 Å². The lowest BCUT2D eigenvalue weighted by Crippen LogP contribution is -2.43. The lowest BCUT2D eigenvalue weighted by atomic mass is 10.2. The lowest BCUT2D eigenvalue weighted by molar-refractivity contribution is -0.0284. The standard InChI is InChI=1S/C16H21N5O3/c1-3-20-11-18-19-15(20)13-10-21(7-8-24-13)16(22)12-5-6-14(17-9-12)23-4-2/h5-6,9,11,13H,3-4,7-8,10H2,1-2H3/t13-/m1/s1. The molecular formula is C16H21N5O3. The van der Waals surface area contributed by atoms with Crippen molar-refractivity contribution in [3.8, 4) is 5.88 Å². The maximum atomic E-state index is 12.7. The van der Waals surface area contributed by atoms with E-state index in [9.17, 15) is 4.79 Å². The van der Waals surface area contributed by atoms with Crippen LogP contribution in [-0.4, -0.2) is 56.9 Å². The third-order valence-corrected chi connectivity index (χ3v) is 3.90. The molecule has 1 aliphatic heterocycles. The zero-order valence-electron chi connectivity index (χ0n) is 13.9. The van der Waals surface area contributed by atoms with Crippen molar-refractivity contribution in [3.05, 3.63) is 36.0 Å². The smallest absolute Gasteiger partial charge is 0.255 e. The highest BCUT2D eigenvalue weighted by molar-refractivity contribution is 5.94. The van der Waals surface area contributed by atoms with E-state index in [1.165, 1.54) is 0 Å². The van der Waals surface area contributed by atoms with Gasteiger partial charge in [0.05, 0.1) is 25.3 Å². The fourth-order valence-corrected chi connectivity index (χ4v) is 2.67. The Hall–Kier alpha value is -2.48. The van der Waals surface area contributed by atoms with E-state index in [0.717, 1.165) is 12.4 Å². The summed E-state index contributed by atoms with van der Waals surface area (Å²) >= 11 is 0. The number of ether oxygens (including phenoxy) is 2. The average molecular weight is 331 g/mol. The summed E-state index contributed by atoms with van der Waals surface area (Å²) in [6, 6.07) is 3.45. The number of aromatic nitrogens is 4. The number of nitrogens with zero attached hydrogens (tertiary/aromatic N) is 5. The third-order valence-electron chi connectivity index (χ3n) is 3.90. The lowest BCUT2D eigenvalue weighted by Gasteiger charge is -2.32. The molecule has 0 aromatic carbocycles. The summed E-state index contributed by atoms with van der Waals surface area (Å²) in [5.41, 5.74) is 0.538. The molecule has 8 heteroatoms. The predicted molar refractivity (Wildman–Crippen MR) is 85.7 cm³/mol. The van der Waals surface area contributed by atoms with Gasteiger partial charge in [-0.25, -0.2) is 4.98 Å². The molecule has 3 rings (SSSR count). The summed E-state index contributed by atoms with van der Waals surface area (Å²) < 4.78 is 13.0. The number of amides is 1. The van der Waals surface area contributed by atoms with Crippen molar-refractivity contribution in [1.82, 2.24) is 24.6 Å². The number of morpholine rings is 1. The minimum atomic E-state index is -0.263. The van der Waals surface area contributed by atoms with E-state index in [0.29, 0.717) is 37.7 Å². The van der Waals surface area contributed by atoms with Gasteiger partial charge in [-0.15, -0.1) is 10.2 Å². The van der Waals surface area contributed by atoms with Crippen LogP contribution in [0.3, 0.4) is 0 Å². The summed E-state index contributed by atoms with van der Waals surface area (Å²) in [4.78, 5) is 18.6. The van der Waals surface area contributed by atoms with Crippen LogP contribution in [0.2, 0.25) is 0 Å². The second-order valence-corrected chi connectivity index (χ2v) is 5.40. The number of hydrogen-bond acceptors (Lipinski definition) is 6. The van der Waals surface area contributed by atoms with Crippen LogP contribution in [0.1, 0.15) is 36.1 Å². The molecule has 0 saturated carbocycles. The van der Waals surface area contributed by atoms with Crippen LogP contribution in [0.25, 0.3) is 0 Å². The van der Waals surface area contributed by atoms with Gasteiger partial charge in [-0.05, 0) is 19.9 Å². The van der Waals surface area contributed by atoms with E-state index < -0.39 is 0 Å². The SMILES string of the molecule is CCOc1ccc(C(=O)N2CCO[C@@H](c3nncn3CC)C2)cn1. The highest BCUT2D eigenvalue weighted by atomic mass is 16.5. The van der Waals surface area contributed by atoms with Crippen LogP contribution in [0.5, 0.6) is 5.88 Å². The van der Waals surface area contributed by atoms with Gasteiger partial charge in [-0.1, -0.05) is 0 Å². The summed E-state index contributed by atoms with van der Waals surface area (Å²) in [5, 5.41) is 8.06. The van der Waals surface area contributed by atoms with Crippen molar-refractivity contribution in [3.63, 3.8) is 0 Å². The maximum Gasteiger partial charge on any atom is 0.255 e. The Kier molecular flexibility index (Phi) is 5.05. The highest BCUT2D eigenvalue weighted by Gasteiger charge is 2.29. The van der Waals surface area contributed by atoms with E-state index in [1.54, 1.807) is 29.6 Å². The first-order valence-electron chi connectivity index (χ1n) is 8.10. The molecule has 1 fully saturated rings. The topological polar surface area (TPSA) is 82.4 Å². The summed E-state index contributed by atoms with van der Waals surface area (Å²) in [7, 11) is 0. The van der Waals surface area contributed by atoms with Crippen LogP contribution in [-0.2, 0) is 11.3 Å². The number of aryl methyl sites for hydroxylation is 1. The molecule has 2 aromatic rings. The Bertz CT molecular complexity index is 685. The Labute approximate surface area is 140 Å². The van der Waals surface area contributed by atoms with Gasteiger partial charge in [0, 0.05) is 25.4 Å².